The Kier molecular flexibility index (Phi) is 6.46. The van der Waals surface area contributed by atoms with Crippen LogP contribution in [0.15, 0.2) is 82.0 Å². The van der Waals surface area contributed by atoms with Crippen molar-refractivity contribution < 1.29 is 14.3 Å². The van der Waals surface area contributed by atoms with Crippen LogP contribution in [0.2, 0.25) is 0 Å². The Morgan fingerprint density at radius 1 is 1.09 bits per heavy atom. The van der Waals surface area contributed by atoms with E-state index < -0.39 is 12.0 Å². The highest BCUT2D eigenvalue weighted by Gasteiger charge is 2.41. The van der Waals surface area contributed by atoms with Crippen LogP contribution < -0.4 is 5.32 Å². The fourth-order valence-electron chi connectivity index (χ4n) is 3.95. The van der Waals surface area contributed by atoms with E-state index in [1.165, 1.54) is 18.9 Å². The summed E-state index contributed by atoms with van der Waals surface area (Å²) in [5.74, 6) is -0.500. The van der Waals surface area contributed by atoms with Crippen LogP contribution in [0, 0.1) is 6.92 Å². The Hall–Kier alpha value is -3.32. The quantitative estimate of drug-likeness (QED) is 0.663. The van der Waals surface area contributed by atoms with Gasteiger partial charge in [-0.05, 0) is 35.9 Å². The van der Waals surface area contributed by atoms with Gasteiger partial charge in [-0.3, -0.25) is 4.79 Å². The number of thioether (sulfide) groups is 1. The molecule has 164 valence electrons. The van der Waals surface area contributed by atoms with Gasteiger partial charge in [-0.2, -0.15) is 0 Å². The number of carbonyl (C=O) groups is 2. The molecule has 0 saturated heterocycles. The van der Waals surface area contributed by atoms with Crippen molar-refractivity contribution in [2.45, 2.75) is 32.9 Å². The maximum atomic E-state index is 12.8. The Morgan fingerprint density at radius 2 is 1.81 bits per heavy atom. The number of benzene rings is 2. The molecule has 0 aliphatic carbocycles. The number of hydrogen-bond acceptors (Lipinski definition) is 6. The predicted octanol–water partition coefficient (Wildman–Crippen LogP) is 4.45. The van der Waals surface area contributed by atoms with Gasteiger partial charge >= 0.3 is 5.97 Å². The summed E-state index contributed by atoms with van der Waals surface area (Å²) < 4.78 is 5.11. The van der Waals surface area contributed by atoms with Crippen LogP contribution in [0.4, 0.5) is 0 Å². The molecule has 6 nitrogen and oxygen atoms in total. The van der Waals surface area contributed by atoms with Crippen molar-refractivity contribution >= 4 is 28.8 Å². The lowest BCUT2D eigenvalue weighted by Crippen LogP contribution is -2.38. The molecular formula is C25H25N3O3S. The minimum atomic E-state index is -0.414. The van der Waals surface area contributed by atoms with Crippen LogP contribution in [-0.2, 0) is 20.9 Å². The number of rotatable bonds is 6. The molecule has 0 unspecified atom stereocenters. The molecule has 0 radical (unpaired) electrons. The second kappa shape index (κ2) is 9.44. The number of amidine groups is 1. The summed E-state index contributed by atoms with van der Waals surface area (Å²) in [6.45, 7) is 4.31. The summed E-state index contributed by atoms with van der Waals surface area (Å²) in [5.41, 5.74) is 5.01. The number of methoxy groups -OCH3 is 1. The first-order valence-corrected chi connectivity index (χ1v) is 11.3. The molecule has 2 aromatic carbocycles. The molecule has 32 heavy (non-hydrogen) atoms. The van der Waals surface area contributed by atoms with Crippen LogP contribution in [0.5, 0.6) is 0 Å². The summed E-state index contributed by atoms with van der Waals surface area (Å²) in [5, 5.41) is 5.68. The Balaban J connectivity index is 1.62. The minimum Gasteiger partial charge on any atom is -0.466 e. The number of carbonyl (C=O) groups excluding carboxylic acids is 2. The molecule has 1 amide bonds. The first-order valence-electron chi connectivity index (χ1n) is 10.4. The zero-order valence-corrected chi connectivity index (χ0v) is 19.1. The number of nitrogens with zero attached hydrogens (tertiary/aromatic N) is 2. The van der Waals surface area contributed by atoms with Gasteiger partial charge in [-0.1, -0.05) is 66.4 Å². The lowest BCUT2D eigenvalue weighted by Gasteiger charge is -2.36. The summed E-state index contributed by atoms with van der Waals surface area (Å²) in [6.07, 6.45) is 0.189. The Bertz CT molecular complexity index is 1140. The van der Waals surface area contributed by atoms with Crippen molar-refractivity contribution in [3.63, 3.8) is 0 Å². The van der Waals surface area contributed by atoms with Crippen molar-refractivity contribution in [1.82, 2.24) is 10.2 Å². The van der Waals surface area contributed by atoms with Gasteiger partial charge in [0.1, 0.15) is 0 Å². The molecule has 2 aliphatic heterocycles. The van der Waals surface area contributed by atoms with E-state index >= 15 is 0 Å². The molecule has 0 bridgehead atoms. The third-order valence-corrected chi connectivity index (χ3v) is 6.45. The number of ether oxygens (including phenoxy) is 1. The van der Waals surface area contributed by atoms with Crippen molar-refractivity contribution in [2.24, 2.45) is 4.99 Å². The van der Waals surface area contributed by atoms with Crippen LogP contribution in [0.1, 0.15) is 36.1 Å². The molecule has 0 spiro atoms. The highest BCUT2D eigenvalue weighted by atomic mass is 32.2. The van der Waals surface area contributed by atoms with E-state index in [1.54, 1.807) is 0 Å². The number of aliphatic imine (C=N–C) groups is 1. The number of aryl methyl sites for hydroxylation is 1. The van der Waals surface area contributed by atoms with Crippen molar-refractivity contribution in [3.05, 3.63) is 93.7 Å². The van der Waals surface area contributed by atoms with Gasteiger partial charge in [-0.25, -0.2) is 9.79 Å². The van der Waals surface area contributed by atoms with Gasteiger partial charge < -0.3 is 15.0 Å². The third-order valence-electron chi connectivity index (χ3n) is 5.56. The van der Waals surface area contributed by atoms with Crippen molar-refractivity contribution in [2.75, 3.05) is 7.11 Å². The summed E-state index contributed by atoms with van der Waals surface area (Å²) >= 11 is 1.47. The minimum absolute atomic E-state index is 0.0867. The van der Waals surface area contributed by atoms with Gasteiger partial charge in [-0.15, -0.1) is 0 Å². The average molecular weight is 448 g/mol. The fraction of sp³-hybridized carbons (Fsp3) is 0.240. The van der Waals surface area contributed by atoms with Crippen LogP contribution in [-0.4, -0.2) is 29.1 Å². The van der Waals surface area contributed by atoms with E-state index in [-0.39, 0.29) is 12.3 Å². The Morgan fingerprint density at radius 3 is 2.53 bits per heavy atom. The molecule has 7 heteroatoms. The van der Waals surface area contributed by atoms with Crippen LogP contribution in [0.25, 0.3) is 0 Å². The van der Waals surface area contributed by atoms with E-state index in [4.69, 9.17) is 4.74 Å². The second-order valence-electron chi connectivity index (χ2n) is 7.68. The van der Waals surface area contributed by atoms with E-state index in [0.29, 0.717) is 17.8 Å². The summed E-state index contributed by atoms with van der Waals surface area (Å²) in [7, 11) is 1.38. The van der Waals surface area contributed by atoms with E-state index in [0.717, 1.165) is 27.6 Å². The standard InChI is InChI=1S/C25H25N3O3S/c1-16-9-7-8-12-20(16)23-22(24(30)31-3)17(2)27-25-28(23)19(15-32-25)13-21(29)26-14-18-10-5-4-6-11-18/h4-12,15,23H,13-14H2,1-3H3,(H,26,29)/t23-/m0/s1. The van der Waals surface area contributed by atoms with Gasteiger partial charge in [0.15, 0.2) is 5.17 Å². The monoisotopic (exact) mass is 447 g/mol. The number of allylic oxidation sites excluding steroid dienone is 1. The maximum absolute atomic E-state index is 12.8. The van der Waals surface area contributed by atoms with E-state index in [9.17, 15) is 9.59 Å². The molecular weight excluding hydrogens is 422 g/mol. The zero-order valence-electron chi connectivity index (χ0n) is 18.3. The zero-order chi connectivity index (χ0) is 22.7. The van der Waals surface area contributed by atoms with E-state index in [1.807, 2.05) is 78.8 Å². The summed E-state index contributed by atoms with van der Waals surface area (Å²) in [6, 6.07) is 17.3. The maximum Gasteiger partial charge on any atom is 0.338 e. The SMILES string of the molecule is COC(=O)C1=C(C)N=C2SC=C(CC(=O)NCc3ccccc3)N2[C@H]1c1ccccc1C. The van der Waals surface area contributed by atoms with Gasteiger partial charge in [0, 0.05) is 12.2 Å². The fourth-order valence-corrected chi connectivity index (χ4v) is 4.92. The van der Waals surface area contributed by atoms with Gasteiger partial charge in [0.2, 0.25) is 5.91 Å². The van der Waals surface area contributed by atoms with Crippen molar-refractivity contribution in [3.8, 4) is 0 Å². The molecule has 2 aliphatic rings. The second-order valence-corrected chi connectivity index (χ2v) is 8.52. The third kappa shape index (κ3) is 4.34. The predicted molar refractivity (Wildman–Crippen MR) is 126 cm³/mol. The van der Waals surface area contributed by atoms with Crippen LogP contribution >= 0.6 is 11.8 Å². The normalized spacial score (nSPS) is 17.5. The van der Waals surface area contributed by atoms with Crippen molar-refractivity contribution in [1.29, 1.82) is 0 Å². The largest absolute Gasteiger partial charge is 0.466 e. The summed E-state index contributed by atoms with van der Waals surface area (Å²) in [4.78, 5) is 32.2. The molecule has 0 saturated carbocycles. The number of hydrogen-bond donors (Lipinski definition) is 1. The highest BCUT2D eigenvalue weighted by molar-refractivity contribution is 8.16. The van der Waals surface area contributed by atoms with E-state index in [2.05, 4.69) is 10.3 Å². The average Bonchev–Trinajstić information content (AvgIpc) is 3.19. The molecule has 1 N–H and O–H groups in total. The van der Waals surface area contributed by atoms with Gasteiger partial charge in [0.25, 0.3) is 0 Å². The van der Waals surface area contributed by atoms with Gasteiger partial charge in [0.05, 0.1) is 30.8 Å². The van der Waals surface area contributed by atoms with Crippen LogP contribution in [0.3, 0.4) is 0 Å². The number of nitrogens with one attached hydrogen (secondary N) is 1. The molecule has 1 atom stereocenters. The molecule has 0 aromatic heterocycles. The lowest BCUT2D eigenvalue weighted by atomic mass is 9.91. The first kappa shape index (κ1) is 21.9. The number of amides is 1. The molecule has 4 rings (SSSR count). The lowest BCUT2D eigenvalue weighted by molar-refractivity contribution is -0.136. The highest BCUT2D eigenvalue weighted by Crippen LogP contribution is 2.45. The topological polar surface area (TPSA) is 71.0 Å². The number of fused-ring (bicyclic) bond motifs is 1. The molecule has 2 heterocycles. The molecule has 0 fully saturated rings. The number of esters is 1. The molecule has 2 aromatic rings. The smallest absolute Gasteiger partial charge is 0.338 e. The first-order chi connectivity index (χ1) is 15.5. The Labute approximate surface area is 192 Å².